The highest BCUT2D eigenvalue weighted by molar-refractivity contribution is 6.03. The maximum absolute atomic E-state index is 12.4. The smallest absolute Gasteiger partial charge is 0.355 e. The largest absolute Gasteiger partial charge is 0.454 e. The van der Waals surface area contributed by atoms with E-state index in [1.54, 1.807) is 48.5 Å². The van der Waals surface area contributed by atoms with E-state index in [1.165, 1.54) is 6.08 Å². The summed E-state index contributed by atoms with van der Waals surface area (Å²) < 4.78 is 15.5. The van der Waals surface area contributed by atoms with Crippen molar-refractivity contribution < 1.29 is 23.8 Å². The molecule has 130 valence electrons. The average Bonchev–Trinajstić information content (AvgIpc) is 3.14. The minimum atomic E-state index is -0.732. The van der Waals surface area contributed by atoms with Crippen molar-refractivity contribution in [2.75, 3.05) is 13.4 Å². The molecule has 0 unspecified atom stereocenters. The predicted molar refractivity (Wildman–Crippen MR) is 94.2 cm³/mol. The first kappa shape index (κ1) is 17.1. The van der Waals surface area contributed by atoms with E-state index in [0.29, 0.717) is 22.6 Å². The van der Waals surface area contributed by atoms with E-state index < -0.39 is 11.9 Å². The highest BCUT2D eigenvalue weighted by Crippen LogP contribution is 2.33. The molecule has 0 saturated heterocycles. The Balaban J connectivity index is 1.86. The van der Waals surface area contributed by atoms with E-state index in [2.05, 4.69) is 11.2 Å². The van der Waals surface area contributed by atoms with Gasteiger partial charge in [0.25, 0.3) is 5.91 Å². The molecular weight excluding hydrogens is 334 g/mol. The number of rotatable bonds is 5. The zero-order chi connectivity index (χ0) is 18.4. The number of hydrogen-bond donors (Lipinski definition) is 1. The third-order valence-electron chi connectivity index (χ3n) is 3.50. The van der Waals surface area contributed by atoms with Crippen molar-refractivity contribution in [3.8, 4) is 23.8 Å². The molecular formula is C20H15NO5. The van der Waals surface area contributed by atoms with Crippen molar-refractivity contribution in [2.45, 2.75) is 0 Å². The Hall–Kier alpha value is -3.72. The van der Waals surface area contributed by atoms with Crippen LogP contribution in [0.15, 0.2) is 54.2 Å². The van der Waals surface area contributed by atoms with Gasteiger partial charge >= 0.3 is 5.97 Å². The summed E-state index contributed by atoms with van der Waals surface area (Å²) in [5.74, 6) is 2.23. The van der Waals surface area contributed by atoms with Gasteiger partial charge in [-0.05, 0) is 35.9 Å². The minimum Gasteiger partial charge on any atom is -0.454 e. The Morgan fingerprint density at radius 3 is 2.69 bits per heavy atom. The zero-order valence-corrected chi connectivity index (χ0v) is 13.7. The molecule has 26 heavy (non-hydrogen) atoms. The van der Waals surface area contributed by atoms with E-state index in [0.717, 1.165) is 0 Å². The zero-order valence-electron chi connectivity index (χ0n) is 13.7. The van der Waals surface area contributed by atoms with Crippen LogP contribution >= 0.6 is 0 Å². The highest BCUT2D eigenvalue weighted by Gasteiger charge is 2.17. The van der Waals surface area contributed by atoms with Gasteiger partial charge in [-0.2, -0.15) is 0 Å². The fourth-order valence-corrected chi connectivity index (χ4v) is 2.28. The van der Waals surface area contributed by atoms with Crippen molar-refractivity contribution in [3.05, 3.63) is 65.4 Å². The second kappa shape index (κ2) is 7.90. The van der Waals surface area contributed by atoms with E-state index in [1.807, 2.05) is 0 Å². The Morgan fingerprint density at radius 1 is 1.15 bits per heavy atom. The Kier molecular flexibility index (Phi) is 5.20. The summed E-state index contributed by atoms with van der Waals surface area (Å²) >= 11 is 0. The quantitative estimate of drug-likeness (QED) is 0.510. The molecule has 6 nitrogen and oxygen atoms in total. The van der Waals surface area contributed by atoms with Crippen LogP contribution in [-0.4, -0.2) is 25.3 Å². The number of benzene rings is 2. The van der Waals surface area contributed by atoms with Crippen LogP contribution in [0.2, 0.25) is 0 Å². The van der Waals surface area contributed by atoms with Crippen LogP contribution in [0.4, 0.5) is 0 Å². The van der Waals surface area contributed by atoms with Crippen LogP contribution in [0.25, 0.3) is 6.08 Å². The van der Waals surface area contributed by atoms with E-state index in [-0.39, 0.29) is 19.1 Å². The fourth-order valence-electron chi connectivity index (χ4n) is 2.28. The molecule has 0 fully saturated rings. The van der Waals surface area contributed by atoms with Gasteiger partial charge < -0.3 is 19.5 Å². The van der Waals surface area contributed by atoms with E-state index >= 15 is 0 Å². The molecule has 0 aliphatic carbocycles. The van der Waals surface area contributed by atoms with Crippen LogP contribution < -0.4 is 14.8 Å². The van der Waals surface area contributed by atoms with E-state index in [4.69, 9.17) is 20.6 Å². The number of hydrogen-bond acceptors (Lipinski definition) is 5. The van der Waals surface area contributed by atoms with Crippen molar-refractivity contribution >= 4 is 18.0 Å². The minimum absolute atomic E-state index is 0.0343. The molecule has 2 aromatic rings. The lowest BCUT2D eigenvalue weighted by Gasteiger charge is -2.09. The van der Waals surface area contributed by atoms with E-state index in [9.17, 15) is 9.59 Å². The predicted octanol–water partition coefficient (Wildman–Crippen LogP) is 2.36. The summed E-state index contributed by atoms with van der Waals surface area (Å²) in [6.07, 6.45) is 6.61. The highest BCUT2D eigenvalue weighted by atomic mass is 16.7. The summed E-state index contributed by atoms with van der Waals surface area (Å²) in [5.41, 5.74) is 1.01. The van der Waals surface area contributed by atoms with Gasteiger partial charge in [-0.15, -0.1) is 6.42 Å². The Morgan fingerprint density at radius 2 is 1.92 bits per heavy atom. The molecule has 0 spiro atoms. The van der Waals surface area contributed by atoms with Crippen molar-refractivity contribution in [2.24, 2.45) is 0 Å². The van der Waals surface area contributed by atoms with Gasteiger partial charge in [-0.25, -0.2) is 4.79 Å². The number of carbonyl (C=O) groups excluding carboxylic acids is 2. The molecule has 1 N–H and O–H groups in total. The number of esters is 1. The van der Waals surface area contributed by atoms with Crippen LogP contribution in [-0.2, 0) is 9.53 Å². The average molecular weight is 349 g/mol. The lowest BCUT2D eigenvalue weighted by Crippen LogP contribution is -2.28. The lowest BCUT2D eigenvalue weighted by molar-refractivity contribution is -0.137. The fraction of sp³-hybridized carbons (Fsp3) is 0.100. The molecule has 3 rings (SSSR count). The third-order valence-corrected chi connectivity index (χ3v) is 3.50. The van der Waals surface area contributed by atoms with Crippen LogP contribution in [0.3, 0.4) is 0 Å². The van der Waals surface area contributed by atoms with Crippen LogP contribution in [0, 0.1) is 12.3 Å². The number of amides is 1. The van der Waals surface area contributed by atoms with Gasteiger partial charge in [-0.3, -0.25) is 4.79 Å². The molecule has 2 aromatic carbocycles. The SMILES string of the molecule is C#CCOC(=O)/C(=C\c1ccc2c(c1)OCO2)NC(=O)c1ccccc1. The first-order valence-corrected chi connectivity index (χ1v) is 7.75. The summed E-state index contributed by atoms with van der Waals surface area (Å²) in [6, 6.07) is 13.7. The molecule has 1 aliphatic heterocycles. The molecule has 0 bridgehead atoms. The number of fused-ring (bicyclic) bond motifs is 1. The van der Waals surface area contributed by atoms with Crippen LogP contribution in [0.1, 0.15) is 15.9 Å². The number of carbonyl (C=O) groups is 2. The second-order valence-electron chi connectivity index (χ2n) is 5.27. The van der Waals surface area contributed by atoms with Gasteiger partial charge in [0.1, 0.15) is 5.70 Å². The van der Waals surface area contributed by atoms with Gasteiger partial charge in [-0.1, -0.05) is 30.2 Å². The number of nitrogens with one attached hydrogen (secondary N) is 1. The standard InChI is InChI=1S/C20H15NO5/c1-2-10-24-20(23)16(21-19(22)15-6-4-3-5-7-15)11-14-8-9-17-18(12-14)26-13-25-17/h1,3-9,11-12H,10,13H2,(H,21,22)/b16-11+. The topological polar surface area (TPSA) is 73.9 Å². The summed E-state index contributed by atoms with van der Waals surface area (Å²) in [4.78, 5) is 24.6. The monoisotopic (exact) mass is 349 g/mol. The molecule has 0 saturated carbocycles. The number of ether oxygens (including phenoxy) is 3. The summed E-state index contributed by atoms with van der Waals surface area (Å²) in [7, 11) is 0. The summed E-state index contributed by atoms with van der Waals surface area (Å²) in [5, 5.41) is 2.57. The molecule has 0 radical (unpaired) electrons. The first-order valence-electron chi connectivity index (χ1n) is 7.75. The van der Waals surface area contributed by atoms with Gasteiger partial charge in [0.2, 0.25) is 6.79 Å². The maximum atomic E-state index is 12.4. The van der Waals surface area contributed by atoms with Crippen molar-refractivity contribution in [1.29, 1.82) is 0 Å². The summed E-state index contributed by atoms with van der Waals surface area (Å²) in [6.45, 7) is -0.0527. The molecule has 1 amide bonds. The van der Waals surface area contributed by atoms with Gasteiger partial charge in [0.15, 0.2) is 18.1 Å². The molecule has 1 heterocycles. The number of terminal acetylenes is 1. The third kappa shape index (κ3) is 4.02. The molecule has 6 heteroatoms. The lowest BCUT2D eigenvalue weighted by atomic mass is 10.1. The molecule has 0 aromatic heterocycles. The van der Waals surface area contributed by atoms with Crippen molar-refractivity contribution in [3.63, 3.8) is 0 Å². The normalized spacial score (nSPS) is 12.2. The van der Waals surface area contributed by atoms with Crippen molar-refractivity contribution in [1.82, 2.24) is 5.32 Å². The van der Waals surface area contributed by atoms with Gasteiger partial charge in [0.05, 0.1) is 0 Å². The van der Waals surface area contributed by atoms with Crippen LogP contribution in [0.5, 0.6) is 11.5 Å². The Bertz CT molecular complexity index is 896. The van der Waals surface area contributed by atoms with Gasteiger partial charge in [0, 0.05) is 5.56 Å². The Labute approximate surface area is 150 Å². The second-order valence-corrected chi connectivity index (χ2v) is 5.27. The first-order chi connectivity index (χ1) is 12.7. The molecule has 0 atom stereocenters. The maximum Gasteiger partial charge on any atom is 0.355 e. The molecule has 1 aliphatic rings.